The molecule has 2 heterocycles. The quantitative estimate of drug-likeness (QED) is 0.791. The van der Waals surface area contributed by atoms with E-state index in [1.54, 1.807) is 36.5 Å². The van der Waals surface area contributed by atoms with E-state index in [0.29, 0.717) is 42.6 Å². The molecule has 2 aromatic rings. The van der Waals surface area contributed by atoms with Gasteiger partial charge in [-0.1, -0.05) is 6.07 Å². The van der Waals surface area contributed by atoms with Crippen molar-refractivity contribution < 1.29 is 19.1 Å². The van der Waals surface area contributed by atoms with Crippen LogP contribution in [-0.2, 0) is 9.53 Å². The minimum Gasteiger partial charge on any atom is -0.480 e. The molecule has 1 aliphatic heterocycles. The van der Waals surface area contributed by atoms with E-state index in [0.717, 1.165) is 18.7 Å². The summed E-state index contributed by atoms with van der Waals surface area (Å²) in [5.74, 6) is -0.0894. The molecule has 0 radical (unpaired) electrons. The predicted octanol–water partition coefficient (Wildman–Crippen LogP) is 1.92. The largest absolute Gasteiger partial charge is 0.480 e. The highest BCUT2D eigenvalue weighted by molar-refractivity contribution is 6.06. The van der Waals surface area contributed by atoms with Crippen LogP contribution >= 0.6 is 0 Å². The maximum atomic E-state index is 12.6. The summed E-state index contributed by atoms with van der Waals surface area (Å²) < 4.78 is 10.4. The minimum atomic E-state index is -0.310. The van der Waals surface area contributed by atoms with Crippen LogP contribution in [0.3, 0.4) is 0 Å². The van der Waals surface area contributed by atoms with Crippen molar-refractivity contribution in [3.05, 3.63) is 47.7 Å². The number of anilines is 2. The Bertz CT molecular complexity index is 850. The van der Waals surface area contributed by atoms with Gasteiger partial charge in [0.15, 0.2) is 0 Å². The Morgan fingerprint density at radius 1 is 1.18 bits per heavy atom. The molecule has 8 heteroatoms. The molecule has 0 atom stereocenters. The van der Waals surface area contributed by atoms with E-state index >= 15 is 0 Å². The van der Waals surface area contributed by atoms with Crippen molar-refractivity contribution in [2.45, 2.75) is 6.92 Å². The second-order valence-electron chi connectivity index (χ2n) is 6.48. The number of rotatable bonds is 6. The lowest BCUT2D eigenvalue weighted by Crippen LogP contribution is -2.41. The van der Waals surface area contributed by atoms with Crippen molar-refractivity contribution in [2.24, 2.45) is 0 Å². The van der Waals surface area contributed by atoms with Crippen LogP contribution in [-0.4, -0.2) is 61.7 Å². The molecule has 2 N–H and O–H groups in total. The smallest absolute Gasteiger partial charge is 0.255 e. The van der Waals surface area contributed by atoms with E-state index in [2.05, 4.69) is 15.6 Å². The molecule has 28 heavy (non-hydrogen) atoms. The molecule has 0 unspecified atom stereocenters. The molecule has 2 amide bonds. The molecule has 1 aromatic heterocycles. The molecule has 8 nitrogen and oxygen atoms in total. The fourth-order valence-corrected chi connectivity index (χ4v) is 2.89. The summed E-state index contributed by atoms with van der Waals surface area (Å²) in [5.41, 5.74) is 2.40. The summed E-state index contributed by atoms with van der Waals surface area (Å²) in [7, 11) is 1.49. The van der Waals surface area contributed by atoms with Gasteiger partial charge >= 0.3 is 0 Å². The summed E-state index contributed by atoms with van der Waals surface area (Å²) in [4.78, 5) is 31.1. The number of amides is 2. The van der Waals surface area contributed by atoms with Crippen molar-refractivity contribution >= 4 is 23.2 Å². The molecular weight excluding hydrogens is 360 g/mol. The zero-order chi connectivity index (χ0) is 19.9. The molecule has 0 aliphatic carbocycles. The van der Waals surface area contributed by atoms with E-state index in [9.17, 15) is 9.59 Å². The highest BCUT2D eigenvalue weighted by atomic mass is 16.5. The molecule has 1 fully saturated rings. The van der Waals surface area contributed by atoms with E-state index in [1.807, 2.05) is 11.8 Å². The van der Waals surface area contributed by atoms with E-state index in [1.165, 1.54) is 7.11 Å². The molecule has 0 saturated carbocycles. The van der Waals surface area contributed by atoms with Gasteiger partial charge in [-0.25, -0.2) is 4.98 Å². The summed E-state index contributed by atoms with van der Waals surface area (Å²) in [6.45, 7) is 4.94. The average molecular weight is 384 g/mol. The van der Waals surface area contributed by atoms with Crippen LogP contribution in [0.4, 0.5) is 11.4 Å². The summed E-state index contributed by atoms with van der Waals surface area (Å²) in [5, 5.41) is 5.68. The van der Waals surface area contributed by atoms with Gasteiger partial charge in [0.05, 0.1) is 26.9 Å². The first-order valence-electron chi connectivity index (χ1n) is 9.08. The van der Waals surface area contributed by atoms with Crippen molar-refractivity contribution in [1.29, 1.82) is 0 Å². The Kier molecular flexibility index (Phi) is 6.57. The third-order valence-corrected chi connectivity index (χ3v) is 4.46. The van der Waals surface area contributed by atoms with Gasteiger partial charge in [0.25, 0.3) is 5.91 Å². The van der Waals surface area contributed by atoms with Crippen LogP contribution < -0.4 is 15.4 Å². The summed E-state index contributed by atoms with van der Waals surface area (Å²) in [6.07, 6.45) is 1.59. The van der Waals surface area contributed by atoms with Crippen LogP contribution in [0.1, 0.15) is 15.9 Å². The van der Waals surface area contributed by atoms with Gasteiger partial charge in [-0.15, -0.1) is 0 Å². The second-order valence-corrected chi connectivity index (χ2v) is 6.48. The lowest BCUT2D eigenvalue weighted by molar-refractivity contribution is -0.118. The SMILES string of the molecule is COc1ncccc1NC(=O)c1ccc(C)c(NC(=O)CN2CCOCC2)c1. The van der Waals surface area contributed by atoms with Gasteiger partial charge in [0.1, 0.15) is 5.69 Å². The van der Waals surface area contributed by atoms with E-state index in [-0.39, 0.29) is 11.8 Å². The van der Waals surface area contributed by atoms with Gasteiger partial charge in [-0.05, 0) is 36.8 Å². The summed E-state index contributed by atoms with van der Waals surface area (Å²) >= 11 is 0. The van der Waals surface area contributed by atoms with Gasteiger partial charge in [0, 0.05) is 30.5 Å². The molecule has 148 valence electrons. The number of carbonyl (C=O) groups excluding carboxylic acids is 2. The monoisotopic (exact) mass is 384 g/mol. The van der Waals surface area contributed by atoms with Crippen molar-refractivity contribution in [3.8, 4) is 5.88 Å². The van der Waals surface area contributed by atoms with Gasteiger partial charge < -0.3 is 20.1 Å². The fraction of sp³-hybridized carbons (Fsp3) is 0.350. The number of nitrogens with zero attached hydrogens (tertiary/aromatic N) is 2. The number of ether oxygens (including phenoxy) is 2. The zero-order valence-corrected chi connectivity index (χ0v) is 16.0. The van der Waals surface area contributed by atoms with E-state index in [4.69, 9.17) is 9.47 Å². The predicted molar refractivity (Wildman–Crippen MR) is 106 cm³/mol. The third kappa shape index (κ3) is 5.05. The number of pyridine rings is 1. The Morgan fingerprint density at radius 3 is 2.71 bits per heavy atom. The van der Waals surface area contributed by atoms with Gasteiger partial charge in [-0.2, -0.15) is 0 Å². The standard InChI is InChI=1S/C20H24N4O4/c1-14-5-6-15(19(26)23-16-4-3-7-21-20(16)27-2)12-17(14)22-18(25)13-24-8-10-28-11-9-24/h3-7,12H,8-11,13H2,1-2H3,(H,22,25)(H,23,26). The Labute approximate surface area is 163 Å². The number of nitrogens with one attached hydrogen (secondary N) is 2. The first kappa shape index (κ1) is 19.8. The zero-order valence-electron chi connectivity index (χ0n) is 16.0. The average Bonchev–Trinajstić information content (AvgIpc) is 2.70. The van der Waals surface area contributed by atoms with Gasteiger partial charge in [-0.3, -0.25) is 14.5 Å². The van der Waals surface area contributed by atoms with Crippen molar-refractivity contribution in [3.63, 3.8) is 0 Å². The first-order chi connectivity index (χ1) is 13.6. The fourth-order valence-electron chi connectivity index (χ4n) is 2.89. The number of methoxy groups -OCH3 is 1. The normalized spacial score (nSPS) is 14.4. The number of morpholine rings is 1. The second kappa shape index (κ2) is 9.29. The maximum absolute atomic E-state index is 12.6. The molecule has 3 rings (SSSR count). The number of aryl methyl sites for hydroxylation is 1. The Morgan fingerprint density at radius 2 is 1.96 bits per heavy atom. The minimum absolute atomic E-state index is 0.114. The molecule has 0 bridgehead atoms. The van der Waals surface area contributed by atoms with Gasteiger partial charge in [0.2, 0.25) is 11.8 Å². The topological polar surface area (TPSA) is 92.8 Å². The number of carbonyl (C=O) groups is 2. The van der Waals surface area contributed by atoms with Crippen LogP contribution in [0.25, 0.3) is 0 Å². The van der Waals surface area contributed by atoms with E-state index < -0.39 is 0 Å². The van der Waals surface area contributed by atoms with Crippen LogP contribution in [0.5, 0.6) is 5.88 Å². The molecular formula is C20H24N4O4. The number of hydrogen-bond donors (Lipinski definition) is 2. The molecule has 1 saturated heterocycles. The lowest BCUT2D eigenvalue weighted by atomic mass is 10.1. The van der Waals surface area contributed by atoms with Crippen LogP contribution in [0.15, 0.2) is 36.5 Å². The maximum Gasteiger partial charge on any atom is 0.255 e. The number of hydrogen-bond acceptors (Lipinski definition) is 6. The molecule has 1 aliphatic rings. The highest BCUT2D eigenvalue weighted by Crippen LogP contribution is 2.22. The number of aromatic nitrogens is 1. The molecule has 1 aromatic carbocycles. The number of benzene rings is 1. The van der Waals surface area contributed by atoms with Crippen LogP contribution in [0, 0.1) is 6.92 Å². The lowest BCUT2D eigenvalue weighted by Gasteiger charge is -2.26. The highest BCUT2D eigenvalue weighted by Gasteiger charge is 2.16. The third-order valence-electron chi connectivity index (χ3n) is 4.46. The Balaban J connectivity index is 1.68. The Hall–Kier alpha value is -2.97. The van der Waals surface area contributed by atoms with Crippen LogP contribution in [0.2, 0.25) is 0 Å². The summed E-state index contributed by atoms with van der Waals surface area (Å²) in [6, 6.07) is 8.61. The first-order valence-corrected chi connectivity index (χ1v) is 9.08. The van der Waals surface area contributed by atoms with Crippen molar-refractivity contribution in [1.82, 2.24) is 9.88 Å². The molecule has 0 spiro atoms. The van der Waals surface area contributed by atoms with Crippen molar-refractivity contribution in [2.75, 3.05) is 50.6 Å².